The lowest BCUT2D eigenvalue weighted by molar-refractivity contribution is -0.117. The molecule has 1 amide bonds. The Hall–Kier alpha value is -2.98. The molecule has 0 unspecified atom stereocenters. The molecule has 0 aliphatic carbocycles. The van der Waals surface area contributed by atoms with E-state index >= 15 is 0 Å². The molecule has 10 heteroatoms. The van der Waals surface area contributed by atoms with Gasteiger partial charge in [0.15, 0.2) is 17.7 Å². The molecule has 0 saturated carbocycles. The van der Waals surface area contributed by atoms with E-state index < -0.39 is 22.1 Å². The predicted molar refractivity (Wildman–Crippen MR) is 98.9 cm³/mol. The number of sulfonamides is 1. The summed E-state index contributed by atoms with van der Waals surface area (Å²) in [5, 5.41) is 5.50. The lowest BCUT2D eigenvalue weighted by Crippen LogP contribution is -2.51. The summed E-state index contributed by atoms with van der Waals surface area (Å²) in [6, 6.07) is 9.43. The van der Waals surface area contributed by atoms with Crippen molar-refractivity contribution in [3.05, 3.63) is 36.4 Å². The second-order valence-electron chi connectivity index (χ2n) is 5.60. The molecule has 1 atom stereocenters. The Morgan fingerprint density at radius 1 is 1.04 bits per heavy atom. The number of nitrogens with one attached hydrogen (secondary N) is 3. The van der Waals surface area contributed by atoms with Gasteiger partial charge in [0, 0.05) is 17.8 Å². The molecule has 0 fully saturated rings. The Balaban J connectivity index is 1.86. The van der Waals surface area contributed by atoms with Crippen molar-refractivity contribution in [2.24, 2.45) is 0 Å². The van der Waals surface area contributed by atoms with Gasteiger partial charge in [-0.25, -0.2) is 8.42 Å². The largest absolute Gasteiger partial charge is 0.493 e. The Labute approximate surface area is 156 Å². The summed E-state index contributed by atoms with van der Waals surface area (Å²) in [7, 11) is 0.571. The van der Waals surface area contributed by atoms with Gasteiger partial charge in [-0.3, -0.25) is 4.79 Å². The molecule has 0 aromatic heterocycles. The fraction of sp³-hybridized carbons (Fsp3) is 0.235. The van der Waals surface area contributed by atoms with E-state index in [0.29, 0.717) is 28.6 Å². The minimum absolute atomic E-state index is 0.0850. The van der Waals surface area contributed by atoms with Crippen molar-refractivity contribution < 1.29 is 27.4 Å². The van der Waals surface area contributed by atoms with Crippen molar-refractivity contribution in [1.82, 2.24) is 4.72 Å². The Kier molecular flexibility index (Phi) is 5.10. The van der Waals surface area contributed by atoms with Gasteiger partial charge >= 0.3 is 0 Å². The first kappa shape index (κ1) is 18.8. The smallest absolute Gasteiger partial charge is 0.262 e. The first-order valence-corrected chi connectivity index (χ1v) is 9.36. The molecular weight excluding hydrogens is 374 g/mol. The molecule has 0 spiro atoms. The van der Waals surface area contributed by atoms with E-state index in [2.05, 4.69) is 15.4 Å². The van der Waals surface area contributed by atoms with Crippen molar-refractivity contribution in [3.8, 4) is 17.2 Å². The fourth-order valence-corrected chi connectivity index (χ4v) is 3.99. The molecule has 0 radical (unpaired) electrons. The molecule has 144 valence electrons. The molecule has 0 saturated heterocycles. The molecular formula is C17H19N3O6S. The molecule has 3 N–H and O–H groups in total. The lowest BCUT2D eigenvalue weighted by Gasteiger charge is -2.27. The van der Waals surface area contributed by atoms with Crippen molar-refractivity contribution in [1.29, 1.82) is 0 Å². The van der Waals surface area contributed by atoms with Crippen LogP contribution in [-0.4, -0.2) is 41.8 Å². The zero-order valence-corrected chi connectivity index (χ0v) is 15.7. The van der Waals surface area contributed by atoms with Gasteiger partial charge in [0.05, 0.1) is 27.0 Å². The molecule has 2 aromatic carbocycles. The number of hydrogen-bond donors (Lipinski definition) is 3. The van der Waals surface area contributed by atoms with E-state index in [-0.39, 0.29) is 4.90 Å². The summed E-state index contributed by atoms with van der Waals surface area (Å²) in [4.78, 5) is 12.7. The third-order valence-electron chi connectivity index (χ3n) is 3.94. The second kappa shape index (κ2) is 7.33. The van der Waals surface area contributed by atoms with Gasteiger partial charge < -0.3 is 24.8 Å². The minimum Gasteiger partial charge on any atom is -0.493 e. The quantitative estimate of drug-likeness (QED) is 0.703. The zero-order chi connectivity index (χ0) is 19.6. The van der Waals surface area contributed by atoms with Crippen molar-refractivity contribution in [3.63, 3.8) is 0 Å². The van der Waals surface area contributed by atoms with Crippen LogP contribution >= 0.6 is 0 Å². The van der Waals surface area contributed by atoms with E-state index in [1.54, 1.807) is 30.3 Å². The Morgan fingerprint density at radius 2 is 1.67 bits per heavy atom. The highest BCUT2D eigenvalue weighted by molar-refractivity contribution is 7.89. The summed E-state index contributed by atoms with van der Waals surface area (Å²) in [6.07, 6.45) is -1.18. The van der Waals surface area contributed by atoms with Gasteiger partial charge in [-0.2, -0.15) is 4.72 Å². The number of fused-ring (bicyclic) bond motifs is 1. The molecule has 0 bridgehead atoms. The highest BCUT2D eigenvalue weighted by Gasteiger charge is 2.33. The number of anilines is 2. The average molecular weight is 393 g/mol. The first-order chi connectivity index (χ1) is 12.9. The number of carbonyl (C=O) groups is 1. The maximum absolute atomic E-state index is 12.6. The monoisotopic (exact) mass is 393 g/mol. The van der Waals surface area contributed by atoms with Crippen LogP contribution in [0.3, 0.4) is 0 Å². The van der Waals surface area contributed by atoms with Crippen molar-refractivity contribution in [2.75, 3.05) is 32.0 Å². The van der Waals surface area contributed by atoms with E-state index in [0.717, 1.165) is 0 Å². The van der Waals surface area contributed by atoms with Crippen molar-refractivity contribution >= 4 is 27.3 Å². The molecule has 9 nitrogen and oxygen atoms in total. The normalized spacial score (nSPS) is 17.2. The van der Waals surface area contributed by atoms with Crippen LogP contribution in [-0.2, 0) is 14.8 Å². The summed E-state index contributed by atoms with van der Waals surface area (Å²) in [5.41, 5.74) is 0.704. The molecule has 1 aliphatic heterocycles. The number of hydrogen-bond acceptors (Lipinski definition) is 7. The number of para-hydroxylation sites is 1. The number of rotatable bonds is 5. The van der Waals surface area contributed by atoms with Gasteiger partial charge in [-0.15, -0.1) is 0 Å². The maximum atomic E-state index is 12.6. The average Bonchev–Trinajstić information content (AvgIpc) is 2.66. The highest BCUT2D eigenvalue weighted by atomic mass is 32.2. The third kappa shape index (κ3) is 3.62. The molecule has 27 heavy (non-hydrogen) atoms. The predicted octanol–water partition coefficient (Wildman–Crippen LogP) is 1.38. The van der Waals surface area contributed by atoms with Crippen LogP contribution in [0.5, 0.6) is 17.2 Å². The van der Waals surface area contributed by atoms with E-state index in [1.165, 1.54) is 27.4 Å². The third-order valence-corrected chi connectivity index (χ3v) is 5.42. The topological polar surface area (TPSA) is 115 Å². The van der Waals surface area contributed by atoms with Crippen LogP contribution in [0.15, 0.2) is 41.3 Å². The van der Waals surface area contributed by atoms with Crippen LogP contribution in [0.2, 0.25) is 0 Å². The van der Waals surface area contributed by atoms with E-state index in [4.69, 9.17) is 14.2 Å². The van der Waals surface area contributed by atoms with Crippen LogP contribution in [0.25, 0.3) is 0 Å². The number of ether oxygens (including phenoxy) is 3. The van der Waals surface area contributed by atoms with Crippen molar-refractivity contribution in [2.45, 2.75) is 11.1 Å². The van der Waals surface area contributed by atoms with Gasteiger partial charge in [0.2, 0.25) is 15.8 Å². The van der Waals surface area contributed by atoms with Crippen LogP contribution in [0, 0.1) is 0 Å². The fourth-order valence-electron chi connectivity index (χ4n) is 2.71. The highest BCUT2D eigenvalue weighted by Crippen LogP contribution is 2.40. The number of carbonyl (C=O) groups excluding carboxylic acids is 1. The molecule has 3 rings (SSSR count). The van der Waals surface area contributed by atoms with Crippen LogP contribution in [0.4, 0.5) is 11.4 Å². The Morgan fingerprint density at radius 3 is 2.26 bits per heavy atom. The number of methoxy groups -OCH3 is 3. The van der Waals surface area contributed by atoms with Gasteiger partial charge in [0.1, 0.15) is 4.90 Å². The standard InChI is InChI=1S/C17H19N3O6S/c1-24-12-8-10(9-13(25-2)15(12)26-3)18-17(21)16-19-11-6-4-5-7-14(11)27(22,23)20-16/h4-9,16,19-20H,1-3H3,(H,18,21)/t16-/m1/s1. The minimum atomic E-state index is -3.81. The summed E-state index contributed by atoms with van der Waals surface area (Å²) in [5.74, 6) is 0.495. The van der Waals surface area contributed by atoms with E-state index in [1.807, 2.05) is 0 Å². The molecule has 1 heterocycles. The SMILES string of the molecule is COc1cc(NC(=O)[C@@H]2Nc3ccccc3S(=O)(=O)N2)cc(OC)c1OC. The first-order valence-electron chi connectivity index (χ1n) is 7.88. The summed E-state index contributed by atoms with van der Waals surface area (Å²) >= 11 is 0. The zero-order valence-electron chi connectivity index (χ0n) is 14.9. The van der Waals surface area contributed by atoms with Crippen LogP contribution in [0.1, 0.15) is 0 Å². The van der Waals surface area contributed by atoms with Crippen LogP contribution < -0.4 is 29.6 Å². The van der Waals surface area contributed by atoms with E-state index in [9.17, 15) is 13.2 Å². The second-order valence-corrected chi connectivity index (χ2v) is 7.28. The summed E-state index contributed by atoms with van der Waals surface area (Å²) < 4.78 is 42.7. The Bertz CT molecular complexity index is 951. The van der Waals surface area contributed by atoms with Gasteiger partial charge in [-0.05, 0) is 12.1 Å². The maximum Gasteiger partial charge on any atom is 0.262 e. The summed E-state index contributed by atoms with van der Waals surface area (Å²) in [6.45, 7) is 0. The number of benzene rings is 2. The number of amides is 1. The lowest BCUT2D eigenvalue weighted by atomic mass is 10.2. The molecule has 1 aliphatic rings. The van der Waals surface area contributed by atoms with Gasteiger partial charge in [-0.1, -0.05) is 12.1 Å². The van der Waals surface area contributed by atoms with Gasteiger partial charge in [0.25, 0.3) is 5.91 Å². The molecule has 2 aromatic rings.